The second-order valence-electron chi connectivity index (χ2n) is 6.54. The largest absolute Gasteiger partial charge is 0.573 e. The van der Waals surface area contributed by atoms with Crippen molar-refractivity contribution in [2.75, 3.05) is 26.2 Å². The SMILES string of the molecule is Cl.Cl.Fc1ccc(C(F)(F)F)cc1[C@@H](c1ccc(OC(F)(F)F)cc1)N1CCNCC1. The van der Waals surface area contributed by atoms with Crippen LogP contribution in [-0.4, -0.2) is 37.4 Å². The van der Waals surface area contributed by atoms with E-state index in [1.54, 1.807) is 4.90 Å². The third-order valence-corrected chi connectivity index (χ3v) is 4.56. The molecule has 2 aromatic rings. The summed E-state index contributed by atoms with van der Waals surface area (Å²) in [5, 5.41) is 3.10. The Bertz CT molecular complexity index is 839. The Morgan fingerprint density at radius 1 is 0.871 bits per heavy atom. The fraction of sp³-hybridized carbons (Fsp3) is 0.368. The molecule has 0 aromatic heterocycles. The van der Waals surface area contributed by atoms with Crippen LogP contribution in [-0.2, 0) is 6.18 Å². The molecule has 31 heavy (non-hydrogen) atoms. The van der Waals surface area contributed by atoms with Gasteiger partial charge in [0.2, 0.25) is 0 Å². The zero-order chi connectivity index (χ0) is 21.2. The average molecular weight is 495 g/mol. The molecule has 1 aliphatic heterocycles. The van der Waals surface area contributed by atoms with E-state index in [1.807, 2.05) is 0 Å². The molecule has 0 saturated carbocycles. The Morgan fingerprint density at radius 3 is 1.97 bits per heavy atom. The van der Waals surface area contributed by atoms with Gasteiger partial charge in [0, 0.05) is 31.7 Å². The van der Waals surface area contributed by atoms with E-state index in [4.69, 9.17) is 0 Å². The maximum atomic E-state index is 14.6. The Kier molecular flexibility index (Phi) is 9.43. The van der Waals surface area contributed by atoms with Crippen LogP contribution in [0.3, 0.4) is 0 Å². The van der Waals surface area contributed by atoms with Crippen LogP contribution < -0.4 is 10.1 Å². The Labute approximate surface area is 186 Å². The number of halogens is 9. The van der Waals surface area contributed by atoms with Crippen molar-refractivity contribution in [2.24, 2.45) is 0 Å². The van der Waals surface area contributed by atoms with E-state index in [1.165, 1.54) is 12.1 Å². The highest BCUT2D eigenvalue weighted by Gasteiger charge is 2.34. The third kappa shape index (κ3) is 7.13. The molecule has 0 aliphatic carbocycles. The number of hydrogen-bond acceptors (Lipinski definition) is 3. The molecule has 1 aliphatic rings. The standard InChI is InChI=1S/C19H17F7N2O.2ClH/c20-16-6-3-13(18(21,22)23)11-15(16)17(28-9-7-27-8-10-28)12-1-4-14(5-2-12)29-19(24,25)26;;/h1-6,11,17,27H,7-10H2;2*1H/t17-;;/m1../s1. The minimum absolute atomic E-state index is 0. The Morgan fingerprint density at radius 2 is 1.45 bits per heavy atom. The number of ether oxygens (including phenoxy) is 1. The molecule has 0 unspecified atom stereocenters. The molecule has 3 nitrogen and oxygen atoms in total. The van der Waals surface area contributed by atoms with Crippen molar-refractivity contribution in [1.29, 1.82) is 0 Å². The lowest BCUT2D eigenvalue weighted by atomic mass is 9.94. The van der Waals surface area contributed by atoms with Gasteiger partial charge < -0.3 is 10.1 Å². The van der Waals surface area contributed by atoms with Gasteiger partial charge in [0.1, 0.15) is 11.6 Å². The monoisotopic (exact) mass is 494 g/mol. The number of alkyl halides is 6. The van der Waals surface area contributed by atoms with Crippen LogP contribution in [0.5, 0.6) is 5.75 Å². The Hall–Kier alpha value is -1.75. The molecule has 1 heterocycles. The van der Waals surface area contributed by atoms with Crippen LogP contribution in [0.4, 0.5) is 30.7 Å². The molecular weight excluding hydrogens is 476 g/mol. The van der Waals surface area contributed by atoms with Crippen LogP contribution in [0.15, 0.2) is 42.5 Å². The van der Waals surface area contributed by atoms with E-state index in [2.05, 4.69) is 10.1 Å². The number of benzene rings is 2. The first kappa shape index (κ1) is 27.3. The zero-order valence-electron chi connectivity index (χ0n) is 15.8. The Balaban J connectivity index is 0.00000240. The maximum Gasteiger partial charge on any atom is 0.573 e. The lowest BCUT2D eigenvalue weighted by Gasteiger charge is -2.36. The van der Waals surface area contributed by atoms with E-state index in [0.29, 0.717) is 37.8 Å². The van der Waals surface area contributed by atoms with Gasteiger partial charge in [-0.25, -0.2) is 4.39 Å². The fourth-order valence-corrected chi connectivity index (χ4v) is 3.31. The van der Waals surface area contributed by atoms with E-state index >= 15 is 0 Å². The first-order valence-electron chi connectivity index (χ1n) is 8.72. The van der Waals surface area contributed by atoms with Crippen LogP contribution in [0.25, 0.3) is 0 Å². The molecule has 0 amide bonds. The molecule has 1 fully saturated rings. The summed E-state index contributed by atoms with van der Waals surface area (Å²) in [5.74, 6) is -1.29. The van der Waals surface area contributed by atoms with E-state index in [-0.39, 0.29) is 30.4 Å². The topological polar surface area (TPSA) is 24.5 Å². The van der Waals surface area contributed by atoms with Crippen molar-refractivity contribution in [2.45, 2.75) is 18.6 Å². The van der Waals surface area contributed by atoms with Crippen LogP contribution in [0.2, 0.25) is 0 Å². The van der Waals surface area contributed by atoms with Gasteiger partial charge in [0.25, 0.3) is 0 Å². The van der Waals surface area contributed by atoms with Gasteiger partial charge in [-0.2, -0.15) is 13.2 Å². The summed E-state index contributed by atoms with van der Waals surface area (Å²) in [5.41, 5.74) is -0.822. The van der Waals surface area contributed by atoms with Crippen LogP contribution in [0.1, 0.15) is 22.7 Å². The van der Waals surface area contributed by atoms with Crippen molar-refractivity contribution in [3.05, 3.63) is 65.0 Å². The van der Waals surface area contributed by atoms with Crippen molar-refractivity contribution in [3.8, 4) is 5.75 Å². The number of hydrogen-bond donors (Lipinski definition) is 1. The number of piperazine rings is 1. The predicted octanol–water partition coefficient (Wildman–Crippen LogP) is 5.58. The predicted molar refractivity (Wildman–Crippen MR) is 105 cm³/mol. The highest BCUT2D eigenvalue weighted by atomic mass is 35.5. The average Bonchev–Trinajstić information content (AvgIpc) is 2.63. The van der Waals surface area contributed by atoms with E-state index < -0.39 is 35.7 Å². The third-order valence-electron chi connectivity index (χ3n) is 4.56. The number of nitrogens with one attached hydrogen (secondary N) is 1. The second-order valence-corrected chi connectivity index (χ2v) is 6.54. The minimum atomic E-state index is -4.87. The van der Waals surface area contributed by atoms with Gasteiger partial charge in [-0.05, 0) is 35.9 Å². The minimum Gasteiger partial charge on any atom is -0.406 e. The summed E-state index contributed by atoms with van der Waals surface area (Å²) < 4.78 is 95.0. The van der Waals surface area contributed by atoms with E-state index in [0.717, 1.165) is 24.3 Å². The quantitative estimate of drug-likeness (QED) is 0.561. The molecule has 174 valence electrons. The number of rotatable bonds is 4. The molecule has 0 spiro atoms. The van der Waals surface area contributed by atoms with Gasteiger partial charge in [-0.3, -0.25) is 4.90 Å². The van der Waals surface area contributed by atoms with Gasteiger partial charge in [-0.15, -0.1) is 38.0 Å². The van der Waals surface area contributed by atoms with Gasteiger partial charge >= 0.3 is 12.5 Å². The summed E-state index contributed by atoms with van der Waals surface area (Å²) in [4.78, 5) is 1.79. The molecule has 3 rings (SSSR count). The second kappa shape index (κ2) is 10.7. The summed E-state index contributed by atoms with van der Waals surface area (Å²) in [6, 6.07) is 6.00. The highest BCUT2D eigenvalue weighted by Crippen LogP contribution is 2.37. The maximum absolute atomic E-state index is 14.6. The van der Waals surface area contributed by atoms with Crippen molar-refractivity contribution >= 4 is 24.8 Å². The molecule has 1 N–H and O–H groups in total. The summed E-state index contributed by atoms with van der Waals surface area (Å²) in [6.07, 6.45) is -9.52. The fourth-order valence-electron chi connectivity index (χ4n) is 3.31. The smallest absolute Gasteiger partial charge is 0.406 e. The lowest BCUT2D eigenvalue weighted by Crippen LogP contribution is -2.45. The van der Waals surface area contributed by atoms with Gasteiger partial charge in [0.15, 0.2) is 0 Å². The van der Waals surface area contributed by atoms with Crippen molar-refractivity contribution < 1.29 is 35.5 Å². The van der Waals surface area contributed by atoms with Crippen molar-refractivity contribution in [3.63, 3.8) is 0 Å². The number of nitrogens with zero attached hydrogens (tertiary/aromatic N) is 1. The molecule has 1 atom stereocenters. The van der Waals surface area contributed by atoms with Crippen LogP contribution in [0, 0.1) is 5.82 Å². The van der Waals surface area contributed by atoms with Gasteiger partial charge in [-0.1, -0.05) is 12.1 Å². The molecule has 0 bridgehead atoms. The molecular formula is C19H19Cl2F7N2O. The summed E-state index contributed by atoms with van der Waals surface area (Å²) in [7, 11) is 0. The molecule has 12 heteroatoms. The molecule has 0 radical (unpaired) electrons. The van der Waals surface area contributed by atoms with Crippen LogP contribution >= 0.6 is 24.8 Å². The molecule has 1 saturated heterocycles. The summed E-state index contributed by atoms with van der Waals surface area (Å²) >= 11 is 0. The zero-order valence-corrected chi connectivity index (χ0v) is 17.4. The van der Waals surface area contributed by atoms with Crippen molar-refractivity contribution in [1.82, 2.24) is 10.2 Å². The lowest BCUT2D eigenvalue weighted by molar-refractivity contribution is -0.274. The van der Waals surface area contributed by atoms with Gasteiger partial charge in [0.05, 0.1) is 11.6 Å². The first-order chi connectivity index (χ1) is 13.5. The highest BCUT2D eigenvalue weighted by molar-refractivity contribution is 5.85. The first-order valence-corrected chi connectivity index (χ1v) is 8.72. The molecule has 2 aromatic carbocycles. The summed E-state index contributed by atoms with van der Waals surface area (Å²) in [6.45, 7) is 1.96. The normalized spacial score (nSPS) is 16.1. The van der Waals surface area contributed by atoms with E-state index in [9.17, 15) is 30.7 Å².